The van der Waals surface area contributed by atoms with Crippen LogP contribution in [0.15, 0.2) is 59.9 Å². The van der Waals surface area contributed by atoms with E-state index >= 15 is 0 Å². The van der Waals surface area contributed by atoms with E-state index < -0.39 is 23.1 Å². The summed E-state index contributed by atoms with van der Waals surface area (Å²) in [6.07, 6.45) is 11.0. The number of nitrogens with one attached hydrogen (secondary N) is 1. The highest BCUT2D eigenvalue weighted by atomic mass is 19.2. The predicted molar refractivity (Wildman–Crippen MR) is 158 cm³/mol. The summed E-state index contributed by atoms with van der Waals surface area (Å²) in [5, 5.41) is 2.54. The third-order valence-corrected chi connectivity index (χ3v) is 6.92. The van der Waals surface area contributed by atoms with E-state index in [4.69, 9.17) is 5.73 Å². The maximum atomic E-state index is 13.4. The van der Waals surface area contributed by atoms with Gasteiger partial charge in [-0.15, -0.1) is 0 Å². The fraction of sp³-hybridized carbons (Fsp3) is 0.323. The molecule has 1 saturated carbocycles. The maximum absolute atomic E-state index is 13.4. The average Bonchev–Trinajstić information content (AvgIpc) is 2.98. The number of halogens is 2. The van der Waals surface area contributed by atoms with Gasteiger partial charge >= 0.3 is 0 Å². The lowest BCUT2D eigenvalue weighted by molar-refractivity contribution is 0.0956. The van der Waals surface area contributed by atoms with E-state index in [1.165, 1.54) is 50.7 Å². The lowest BCUT2D eigenvalue weighted by Gasteiger charge is -2.27. The molecule has 0 unspecified atom stereocenters. The maximum Gasteiger partial charge on any atom is 0.266 e. The quantitative estimate of drug-likeness (QED) is 0.349. The second-order valence-electron chi connectivity index (χ2n) is 10.2. The van der Waals surface area contributed by atoms with Crippen molar-refractivity contribution in [1.29, 1.82) is 0 Å². The van der Waals surface area contributed by atoms with Gasteiger partial charge in [0.15, 0.2) is 11.6 Å². The molecule has 3 N–H and O–H groups in total. The van der Waals surface area contributed by atoms with E-state index in [0.717, 1.165) is 28.9 Å². The van der Waals surface area contributed by atoms with Crippen molar-refractivity contribution in [2.45, 2.75) is 44.7 Å². The van der Waals surface area contributed by atoms with Gasteiger partial charge in [-0.3, -0.25) is 19.1 Å². The van der Waals surface area contributed by atoms with Crippen LogP contribution in [0.5, 0.6) is 0 Å². The number of nitrogen functional groups attached to an aromatic ring is 1. The number of hydrogen-bond acceptors (Lipinski definition) is 7. The van der Waals surface area contributed by atoms with Crippen LogP contribution in [0.4, 0.5) is 14.6 Å². The third-order valence-electron chi connectivity index (χ3n) is 6.92. The molecule has 0 spiro atoms. The first-order valence-corrected chi connectivity index (χ1v) is 13.7. The second-order valence-corrected chi connectivity index (χ2v) is 10.2. The van der Waals surface area contributed by atoms with Gasteiger partial charge in [-0.25, -0.2) is 18.7 Å². The Morgan fingerprint density at radius 3 is 2.57 bits per heavy atom. The zero-order valence-corrected chi connectivity index (χ0v) is 23.6. The Morgan fingerprint density at radius 2 is 1.86 bits per heavy atom. The summed E-state index contributed by atoms with van der Waals surface area (Å²) in [5.41, 5.74) is 7.11. The number of fused-ring (bicyclic) bond motifs is 1. The van der Waals surface area contributed by atoms with Crippen LogP contribution in [0, 0.1) is 23.5 Å². The van der Waals surface area contributed by atoms with Gasteiger partial charge < -0.3 is 16.0 Å². The lowest BCUT2D eigenvalue weighted by Crippen LogP contribution is -2.33. The number of carbonyl (C=O) groups is 1. The Balaban J connectivity index is 0.000000385. The molecule has 1 fully saturated rings. The van der Waals surface area contributed by atoms with Crippen molar-refractivity contribution in [2.75, 3.05) is 26.4 Å². The molecule has 218 valence electrons. The zero-order valence-electron chi connectivity index (χ0n) is 23.6. The number of amides is 1. The van der Waals surface area contributed by atoms with Crippen molar-refractivity contribution < 1.29 is 13.6 Å². The van der Waals surface area contributed by atoms with Gasteiger partial charge in [0, 0.05) is 17.8 Å². The molecule has 1 aliphatic carbocycles. The fourth-order valence-corrected chi connectivity index (χ4v) is 4.62. The number of hydrogen-bond donors (Lipinski definition) is 2. The van der Waals surface area contributed by atoms with Gasteiger partial charge in [0.05, 0.1) is 36.6 Å². The molecule has 0 aliphatic heterocycles. The summed E-state index contributed by atoms with van der Waals surface area (Å²) in [4.78, 5) is 39.6. The Morgan fingerprint density at radius 1 is 1.07 bits per heavy atom. The minimum atomic E-state index is -1.03. The molecule has 1 amide bonds. The highest BCUT2D eigenvalue weighted by Gasteiger charge is 2.14. The van der Waals surface area contributed by atoms with Gasteiger partial charge in [0.1, 0.15) is 11.4 Å². The van der Waals surface area contributed by atoms with Crippen LogP contribution in [-0.4, -0.2) is 57.0 Å². The van der Waals surface area contributed by atoms with Gasteiger partial charge in [0.25, 0.3) is 11.5 Å². The van der Waals surface area contributed by atoms with Crippen LogP contribution in [0.25, 0.3) is 11.0 Å². The van der Waals surface area contributed by atoms with Crippen molar-refractivity contribution in [3.8, 4) is 11.8 Å². The molecule has 9 nitrogen and oxygen atoms in total. The molecule has 2 heterocycles. The third kappa shape index (κ3) is 8.17. The lowest BCUT2D eigenvalue weighted by atomic mass is 9.95. The first-order chi connectivity index (χ1) is 20.2. The predicted octanol–water partition coefficient (Wildman–Crippen LogP) is 3.76. The first kappa shape index (κ1) is 30.3. The summed E-state index contributed by atoms with van der Waals surface area (Å²) < 4.78 is 27.6. The molecule has 1 aliphatic rings. The molecule has 5 rings (SSSR count). The minimum Gasteiger partial charge on any atom is -0.382 e. The normalized spacial score (nSPS) is 13.2. The van der Waals surface area contributed by atoms with E-state index in [-0.39, 0.29) is 18.7 Å². The number of carbonyl (C=O) groups excluding carboxylic acids is 1. The van der Waals surface area contributed by atoms with Crippen molar-refractivity contribution in [1.82, 2.24) is 29.7 Å². The number of anilines is 1. The molecule has 2 aromatic carbocycles. The molecule has 0 atom stereocenters. The van der Waals surface area contributed by atoms with E-state index in [2.05, 4.69) is 51.1 Å². The van der Waals surface area contributed by atoms with E-state index in [0.29, 0.717) is 28.0 Å². The summed E-state index contributed by atoms with van der Waals surface area (Å²) in [7, 11) is 4.38. The zero-order chi connectivity index (χ0) is 30.1. The molecule has 42 heavy (non-hydrogen) atoms. The smallest absolute Gasteiger partial charge is 0.266 e. The molecule has 11 heteroatoms. The fourth-order valence-electron chi connectivity index (χ4n) is 4.62. The Bertz CT molecular complexity index is 1670. The molecule has 0 saturated heterocycles. The molecular formula is C31H33F2N7O2. The van der Waals surface area contributed by atoms with Crippen LogP contribution in [0.2, 0.25) is 0 Å². The summed E-state index contributed by atoms with van der Waals surface area (Å²) in [5.74, 6) is 3.32. The largest absolute Gasteiger partial charge is 0.382 e. The Kier molecular flexibility index (Phi) is 10.3. The number of nitrogens with two attached hydrogens (primary N) is 1. The van der Waals surface area contributed by atoms with Crippen LogP contribution in [0.3, 0.4) is 0 Å². The van der Waals surface area contributed by atoms with Gasteiger partial charge in [0.2, 0.25) is 0 Å². The number of aromatic nitrogens is 4. The number of nitrogens with zero attached hydrogens (tertiary/aromatic N) is 5. The van der Waals surface area contributed by atoms with Gasteiger partial charge in [-0.1, -0.05) is 37.2 Å². The number of benzene rings is 2. The molecule has 4 aromatic rings. The van der Waals surface area contributed by atoms with Gasteiger partial charge in [-0.05, 0) is 62.8 Å². The first-order valence-electron chi connectivity index (χ1n) is 13.7. The highest BCUT2D eigenvalue weighted by molar-refractivity contribution is 5.93. The van der Waals surface area contributed by atoms with E-state index in [1.54, 1.807) is 18.2 Å². The van der Waals surface area contributed by atoms with Crippen LogP contribution in [-0.2, 0) is 6.54 Å². The standard InChI is InChI=1S/C23H16F2N6O2.C8H17N/c24-17-5-3-15(8-18(17)25)12-31-13-27-10-16(23(31)33)22(32)28-7-1-2-14-4-6-19-20(9-14)30-21(26)11-29-19;1-9(2)8-6-4-3-5-7-8/h3-6,8-11,13H,7,12H2,(H2,26,30)(H,28,32);8H,3-7H2,1-2H3. The van der Waals surface area contributed by atoms with Crippen LogP contribution < -0.4 is 16.6 Å². The summed E-state index contributed by atoms with van der Waals surface area (Å²) in [6, 6.07) is 9.44. The average molecular weight is 574 g/mol. The van der Waals surface area contributed by atoms with Crippen LogP contribution >= 0.6 is 0 Å². The van der Waals surface area contributed by atoms with E-state index in [9.17, 15) is 18.4 Å². The summed E-state index contributed by atoms with van der Waals surface area (Å²) in [6.45, 7) is -0.0870. The highest BCUT2D eigenvalue weighted by Crippen LogP contribution is 2.20. The summed E-state index contributed by atoms with van der Waals surface area (Å²) >= 11 is 0. The van der Waals surface area contributed by atoms with Crippen molar-refractivity contribution >= 4 is 22.8 Å². The van der Waals surface area contributed by atoms with Crippen molar-refractivity contribution in [2.24, 2.45) is 0 Å². The van der Waals surface area contributed by atoms with E-state index in [1.807, 2.05) is 0 Å². The van der Waals surface area contributed by atoms with Crippen molar-refractivity contribution in [3.05, 3.63) is 93.8 Å². The number of rotatable bonds is 5. The SMILES string of the molecule is CN(C)C1CCCCC1.Nc1cnc2ccc(C#CCNC(=O)c3cncn(Cc4ccc(F)c(F)c4)c3=O)cc2n1. The minimum absolute atomic E-state index is 0.0169. The molecule has 0 radical (unpaired) electrons. The van der Waals surface area contributed by atoms with Crippen molar-refractivity contribution in [3.63, 3.8) is 0 Å². The molecule has 0 bridgehead atoms. The van der Waals surface area contributed by atoms with Gasteiger partial charge in [-0.2, -0.15) is 0 Å². The molecule has 2 aromatic heterocycles. The second kappa shape index (κ2) is 14.3. The monoisotopic (exact) mass is 573 g/mol. The topological polar surface area (TPSA) is 119 Å². The van der Waals surface area contributed by atoms with Crippen LogP contribution in [0.1, 0.15) is 53.6 Å². The molecular weight excluding hydrogens is 540 g/mol. The Labute approximate surface area is 242 Å². The Hall–Kier alpha value is -4.69.